The van der Waals surface area contributed by atoms with Gasteiger partial charge in [0.05, 0.1) is 0 Å². The second-order valence-corrected chi connectivity index (χ2v) is 7.05. The summed E-state index contributed by atoms with van der Waals surface area (Å²) in [5.74, 6) is 0.399. The Morgan fingerprint density at radius 3 is 2.21 bits per heavy atom. The first kappa shape index (κ1) is 18.4. The Labute approximate surface area is 118 Å². The first-order chi connectivity index (χ1) is 8.57. The van der Waals surface area contributed by atoms with Gasteiger partial charge >= 0.3 is 10.3 Å². The average molecular weight is 292 g/mol. The van der Waals surface area contributed by atoms with E-state index in [1.165, 1.54) is 12.8 Å². The topological polar surface area (TPSA) is 70.0 Å². The fourth-order valence-corrected chi connectivity index (χ4v) is 2.69. The molecule has 0 bridgehead atoms. The molecule has 0 spiro atoms. The summed E-state index contributed by atoms with van der Waals surface area (Å²) in [4.78, 5) is 1.63. The van der Waals surface area contributed by atoms with Crippen molar-refractivity contribution >= 4 is 16.1 Å². The molecule has 0 rings (SSSR count). The highest BCUT2D eigenvalue weighted by Crippen LogP contribution is 2.29. The third kappa shape index (κ3) is 9.90. The Hall–Kier alpha value is -0.620. The number of nitrogens with zero attached hydrogens (tertiary/aromatic N) is 2. The molecule has 0 aromatic carbocycles. The fourth-order valence-electron chi connectivity index (χ4n) is 2.17. The van der Waals surface area contributed by atoms with Gasteiger partial charge in [-0.1, -0.05) is 33.6 Å². The van der Waals surface area contributed by atoms with E-state index in [1.54, 1.807) is 19.0 Å². The predicted molar refractivity (Wildman–Crippen MR) is 79.8 cm³/mol. The standard InChI is InChI=1S/C13H28N2O3S/c1-6-10-13(2,3)11-8-7-9-12(15(4)5)14-19(16,17)18/h6-11H2,1-5H3,(H,16,17,18)/b14-12-. The second kappa shape index (κ2) is 7.85. The van der Waals surface area contributed by atoms with Crippen molar-refractivity contribution in [2.24, 2.45) is 9.81 Å². The first-order valence-corrected chi connectivity index (χ1v) is 8.20. The van der Waals surface area contributed by atoms with Gasteiger partial charge in [0.25, 0.3) is 0 Å². The molecule has 0 aromatic heterocycles. The zero-order valence-electron chi connectivity index (χ0n) is 12.8. The molecule has 114 valence electrons. The normalized spacial score (nSPS) is 13.7. The van der Waals surface area contributed by atoms with Crippen LogP contribution in [0.5, 0.6) is 0 Å². The SMILES string of the molecule is CCCC(C)(C)CCCC/C(=N/S(=O)(=O)O)N(C)C. The third-order valence-corrected chi connectivity index (χ3v) is 3.61. The number of unbranched alkanes of at least 4 members (excludes halogenated alkanes) is 1. The van der Waals surface area contributed by atoms with E-state index >= 15 is 0 Å². The monoisotopic (exact) mass is 292 g/mol. The lowest BCUT2D eigenvalue weighted by molar-refractivity contribution is 0.293. The molecule has 0 heterocycles. The summed E-state index contributed by atoms with van der Waals surface area (Å²) in [6.07, 6.45) is 5.97. The summed E-state index contributed by atoms with van der Waals surface area (Å²) in [7, 11) is -0.842. The van der Waals surface area contributed by atoms with E-state index in [0.717, 1.165) is 19.3 Å². The molecule has 0 atom stereocenters. The van der Waals surface area contributed by atoms with Crippen LogP contribution in [-0.2, 0) is 10.3 Å². The Kier molecular flexibility index (Phi) is 7.59. The van der Waals surface area contributed by atoms with E-state index in [-0.39, 0.29) is 0 Å². The summed E-state index contributed by atoms with van der Waals surface area (Å²) < 4.78 is 33.6. The number of rotatable bonds is 8. The van der Waals surface area contributed by atoms with Crippen LogP contribution in [-0.4, -0.2) is 37.8 Å². The molecule has 0 aromatic rings. The molecule has 0 unspecified atom stereocenters. The highest BCUT2D eigenvalue weighted by atomic mass is 32.2. The summed E-state index contributed by atoms with van der Waals surface area (Å²) in [6, 6.07) is 0. The van der Waals surface area contributed by atoms with E-state index in [4.69, 9.17) is 4.55 Å². The van der Waals surface area contributed by atoms with Gasteiger partial charge < -0.3 is 4.90 Å². The smallest absolute Gasteiger partial charge is 0.365 e. The minimum Gasteiger partial charge on any atom is -0.365 e. The maximum Gasteiger partial charge on any atom is 0.380 e. The zero-order chi connectivity index (χ0) is 15.1. The number of hydrogen-bond acceptors (Lipinski definition) is 2. The molecule has 0 saturated carbocycles. The quantitative estimate of drug-likeness (QED) is 0.323. The van der Waals surface area contributed by atoms with Crippen molar-refractivity contribution in [2.45, 2.75) is 59.3 Å². The molecule has 19 heavy (non-hydrogen) atoms. The van der Waals surface area contributed by atoms with Crippen molar-refractivity contribution < 1.29 is 13.0 Å². The lowest BCUT2D eigenvalue weighted by Crippen LogP contribution is -2.23. The van der Waals surface area contributed by atoms with Crippen molar-refractivity contribution in [1.82, 2.24) is 4.90 Å². The summed E-state index contributed by atoms with van der Waals surface area (Å²) in [5, 5.41) is 0. The fraction of sp³-hybridized carbons (Fsp3) is 0.923. The highest BCUT2D eigenvalue weighted by molar-refractivity contribution is 7.84. The van der Waals surface area contributed by atoms with Crippen molar-refractivity contribution in [1.29, 1.82) is 0 Å². The van der Waals surface area contributed by atoms with Crippen LogP contribution in [0.4, 0.5) is 0 Å². The molecule has 6 heteroatoms. The van der Waals surface area contributed by atoms with Crippen LogP contribution in [0, 0.1) is 5.41 Å². The molecular formula is C13H28N2O3S. The predicted octanol–water partition coefficient (Wildman–Crippen LogP) is 3.14. The Bertz CT molecular complexity index is 387. The molecule has 0 saturated heterocycles. The zero-order valence-corrected chi connectivity index (χ0v) is 13.6. The van der Waals surface area contributed by atoms with Crippen molar-refractivity contribution in [3.05, 3.63) is 0 Å². The minimum atomic E-state index is -4.30. The van der Waals surface area contributed by atoms with Crippen molar-refractivity contribution in [3.8, 4) is 0 Å². The van der Waals surface area contributed by atoms with Gasteiger partial charge in [0, 0.05) is 20.5 Å². The largest absolute Gasteiger partial charge is 0.380 e. The molecule has 0 fully saturated rings. The molecule has 0 aliphatic rings. The van der Waals surface area contributed by atoms with E-state index in [1.807, 2.05) is 0 Å². The van der Waals surface area contributed by atoms with E-state index in [9.17, 15) is 8.42 Å². The van der Waals surface area contributed by atoms with Crippen LogP contribution in [0.1, 0.15) is 59.3 Å². The van der Waals surface area contributed by atoms with Gasteiger partial charge in [-0.3, -0.25) is 4.55 Å². The van der Waals surface area contributed by atoms with Gasteiger partial charge in [0.1, 0.15) is 5.84 Å². The van der Waals surface area contributed by atoms with Crippen LogP contribution in [0.25, 0.3) is 0 Å². The maximum atomic E-state index is 10.8. The van der Waals surface area contributed by atoms with E-state index in [0.29, 0.717) is 17.7 Å². The number of hydrogen-bond donors (Lipinski definition) is 1. The van der Waals surface area contributed by atoms with Crippen LogP contribution >= 0.6 is 0 Å². The average Bonchev–Trinajstić information content (AvgIpc) is 2.20. The molecule has 0 amide bonds. The molecule has 0 aliphatic carbocycles. The highest BCUT2D eigenvalue weighted by Gasteiger charge is 2.16. The molecule has 0 aliphatic heterocycles. The van der Waals surface area contributed by atoms with Crippen molar-refractivity contribution in [2.75, 3.05) is 14.1 Å². The minimum absolute atomic E-state index is 0.341. The Morgan fingerprint density at radius 1 is 1.21 bits per heavy atom. The lowest BCUT2D eigenvalue weighted by atomic mass is 9.83. The number of amidine groups is 1. The van der Waals surface area contributed by atoms with E-state index in [2.05, 4.69) is 25.2 Å². The molecule has 1 N–H and O–H groups in total. The second-order valence-electron chi connectivity index (χ2n) is 5.97. The van der Waals surface area contributed by atoms with Crippen LogP contribution in [0.3, 0.4) is 0 Å². The van der Waals surface area contributed by atoms with Gasteiger partial charge in [-0.15, -0.1) is 4.40 Å². The van der Waals surface area contributed by atoms with Crippen molar-refractivity contribution in [3.63, 3.8) is 0 Å². The van der Waals surface area contributed by atoms with Gasteiger partial charge in [-0.2, -0.15) is 8.42 Å². The molecule has 0 radical (unpaired) electrons. The molecular weight excluding hydrogens is 264 g/mol. The van der Waals surface area contributed by atoms with Gasteiger partial charge in [0.15, 0.2) is 0 Å². The maximum absolute atomic E-state index is 10.8. The van der Waals surface area contributed by atoms with E-state index < -0.39 is 10.3 Å². The Morgan fingerprint density at radius 2 is 1.79 bits per heavy atom. The van der Waals surface area contributed by atoms with Gasteiger partial charge in [0.2, 0.25) is 0 Å². The summed E-state index contributed by atoms with van der Waals surface area (Å²) in [6.45, 7) is 6.70. The summed E-state index contributed by atoms with van der Waals surface area (Å²) >= 11 is 0. The Balaban J connectivity index is 4.27. The third-order valence-electron chi connectivity index (χ3n) is 3.17. The van der Waals surface area contributed by atoms with Gasteiger partial charge in [-0.25, -0.2) is 0 Å². The first-order valence-electron chi connectivity index (χ1n) is 6.81. The lowest BCUT2D eigenvalue weighted by Gasteiger charge is -2.24. The van der Waals surface area contributed by atoms with Crippen LogP contribution in [0.2, 0.25) is 0 Å². The van der Waals surface area contributed by atoms with Gasteiger partial charge in [-0.05, 0) is 24.7 Å². The van der Waals surface area contributed by atoms with Crippen LogP contribution < -0.4 is 0 Å². The van der Waals surface area contributed by atoms with Crippen LogP contribution in [0.15, 0.2) is 4.40 Å². The summed E-state index contributed by atoms with van der Waals surface area (Å²) in [5.41, 5.74) is 0.341. The molecule has 5 nitrogen and oxygen atoms in total.